The zero-order valence-electron chi connectivity index (χ0n) is 16.3. The van der Waals surface area contributed by atoms with Crippen molar-refractivity contribution in [2.45, 2.75) is 46.2 Å². The van der Waals surface area contributed by atoms with Gasteiger partial charge in [-0.05, 0) is 37.5 Å². The quantitative estimate of drug-likeness (QED) is 0.752. The molecule has 1 amide bonds. The summed E-state index contributed by atoms with van der Waals surface area (Å²) in [6, 6.07) is 15.4. The van der Waals surface area contributed by atoms with E-state index < -0.39 is 0 Å². The van der Waals surface area contributed by atoms with Crippen LogP contribution in [-0.4, -0.2) is 24.8 Å². The third kappa shape index (κ3) is 5.27. The molecule has 4 nitrogen and oxygen atoms in total. The molecule has 2 aromatic carbocycles. The first-order valence-corrected chi connectivity index (χ1v) is 9.11. The summed E-state index contributed by atoms with van der Waals surface area (Å²) in [6.07, 6.45) is 0. The minimum absolute atomic E-state index is 0.0123. The van der Waals surface area contributed by atoms with Gasteiger partial charge in [-0.25, -0.2) is 0 Å². The number of benzene rings is 2. The Morgan fingerprint density at radius 2 is 1.69 bits per heavy atom. The number of hydrogen-bond acceptors (Lipinski definition) is 2. The molecule has 0 saturated heterocycles. The topological polar surface area (TPSA) is 50.6 Å². The Bertz CT molecular complexity index is 766. The Morgan fingerprint density at radius 1 is 1.04 bits per heavy atom. The molecule has 0 aliphatic rings. The number of ketones is 1. The first-order chi connectivity index (χ1) is 12.3. The van der Waals surface area contributed by atoms with Crippen LogP contribution in [0.5, 0.6) is 0 Å². The number of rotatable bonds is 7. The molecule has 2 N–H and O–H groups in total. The highest BCUT2D eigenvalue weighted by molar-refractivity contribution is 5.97. The third-order valence-corrected chi connectivity index (χ3v) is 4.80. The predicted octanol–water partition coefficient (Wildman–Crippen LogP) is 3.05. The van der Waals surface area contributed by atoms with E-state index in [0.717, 1.165) is 11.4 Å². The van der Waals surface area contributed by atoms with E-state index in [0.29, 0.717) is 17.2 Å². The average molecular weight is 353 g/mol. The van der Waals surface area contributed by atoms with Crippen LogP contribution in [0.3, 0.4) is 0 Å². The monoisotopic (exact) mass is 353 g/mol. The van der Waals surface area contributed by atoms with Gasteiger partial charge < -0.3 is 10.2 Å². The maximum Gasteiger partial charge on any atom is 0.282 e. The van der Waals surface area contributed by atoms with Crippen molar-refractivity contribution in [2.75, 3.05) is 12.4 Å². The number of anilines is 1. The zero-order chi connectivity index (χ0) is 19.3. The van der Waals surface area contributed by atoms with Gasteiger partial charge >= 0.3 is 0 Å². The van der Waals surface area contributed by atoms with Crippen molar-refractivity contribution in [3.8, 4) is 0 Å². The van der Waals surface area contributed by atoms with Crippen LogP contribution in [0.15, 0.2) is 48.5 Å². The fourth-order valence-electron chi connectivity index (χ4n) is 2.79. The van der Waals surface area contributed by atoms with Gasteiger partial charge in [-0.1, -0.05) is 50.2 Å². The van der Waals surface area contributed by atoms with Gasteiger partial charge in [-0.15, -0.1) is 0 Å². The van der Waals surface area contributed by atoms with Crippen molar-refractivity contribution in [2.24, 2.45) is 0 Å². The number of amides is 1. The summed E-state index contributed by atoms with van der Waals surface area (Å²) in [5.41, 5.74) is 3.79. The lowest BCUT2D eigenvalue weighted by Crippen LogP contribution is -3.12. The maximum absolute atomic E-state index is 12.6. The molecule has 0 spiro atoms. The molecule has 0 heterocycles. The summed E-state index contributed by atoms with van der Waals surface area (Å²) in [5.74, 6) is 0.452. The second kappa shape index (κ2) is 8.77. The van der Waals surface area contributed by atoms with E-state index in [4.69, 9.17) is 0 Å². The van der Waals surface area contributed by atoms with Crippen LogP contribution in [0.2, 0.25) is 0 Å². The Hall–Kier alpha value is -2.46. The van der Waals surface area contributed by atoms with Crippen molar-refractivity contribution in [1.29, 1.82) is 0 Å². The molecule has 0 aliphatic carbocycles. The molecule has 0 aliphatic heterocycles. The molecule has 138 valence electrons. The van der Waals surface area contributed by atoms with Gasteiger partial charge in [-0.2, -0.15) is 0 Å². The van der Waals surface area contributed by atoms with Crippen LogP contribution in [0.4, 0.5) is 5.69 Å². The van der Waals surface area contributed by atoms with Gasteiger partial charge in [0, 0.05) is 16.8 Å². The number of likely N-dealkylation sites (N-methyl/N-ethyl adjacent to an activating group) is 1. The molecule has 26 heavy (non-hydrogen) atoms. The van der Waals surface area contributed by atoms with Gasteiger partial charge in [0.25, 0.3) is 5.91 Å². The second-order valence-corrected chi connectivity index (χ2v) is 7.27. The van der Waals surface area contributed by atoms with E-state index in [9.17, 15) is 9.59 Å². The highest BCUT2D eigenvalue weighted by atomic mass is 16.2. The molecule has 2 rings (SSSR count). The molecule has 1 unspecified atom stereocenters. The molecule has 2 aromatic rings. The van der Waals surface area contributed by atoms with E-state index in [1.54, 1.807) is 24.3 Å². The first-order valence-electron chi connectivity index (χ1n) is 9.11. The molecule has 2 atom stereocenters. The average Bonchev–Trinajstić information content (AvgIpc) is 2.61. The largest absolute Gasteiger partial charge is 0.324 e. The number of hydrogen-bond donors (Lipinski definition) is 2. The molecule has 0 radical (unpaired) electrons. The van der Waals surface area contributed by atoms with E-state index in [1.807, 2.05) is 14.0 Å². The lowest BCUT2D eigenvalue weighted by molar-refractivity contribution is -0.907. The summed E-state index contributed by atoms with van der Waals surface area (Å²) in [7, 11) is 2.02. The van der Waals surface area contributed by atoms with Crippen LogP contribution in [0, 0.1) is 0 Å². The molecular weight excluding hydrogens is 324 g/mol. The van der Waals surface area contributed by atoms with Crippen LogP contribution in [-0.2, 0) is 11.3 Å². The molecule has 0 fully saturated rings. The SMILES string of the molecule is CC(=O)c1cccc(NC(=O)[C@H](C)[NH+](C)Cc2ccc(C(C)C)cc2)c1. The number of carbonyl (C=O) groups is 2. The van der Waals surface area contributed by atoms with E-state index in [-0.39, 0.29) is 17.7 Å². The minimum atomic E-state index is -0.208. The van der Waals surface area contributed by atoms with Gasteiger partial charge in [0.2, 0.25) is 0 Å². The minimum Gasteiger partial charge on any atom is -0.324 e. The lowest BCUT2D eigenvalue weighted by atomic mass is 10.0. The van der Waals surface area contributed by atoms with Crippen LogP contribution in [0.25, 0.3) is 0 Å². The summed E-state index contributed by atoms with van der Waals surface area (Å²) in [4.78, 5) is 25.1. The maximum atomic E-state index is 12.6. The van der Waals surface area contributed by atoms with Crippen LogP contribution >= 0.6 is 0 Å². The standard InChI is InChI=1S/C22H28N2O2/c1-15(2)19-11-9-18(10-12-19)14-24(5)16(3)22(26)23-21-8-6-7-20(13-21)17(4)25/h6-13,15-16H,14H2,1-5H3,(H,23,26)/p+1/t16-/m0/s1. The summed E-state index contributed by atoms with van der Waals surface area (Å²) in [5, 5.41) is 2.92. The lowest BCUT2D eigenvalue weighted by Gasteiger charge is -2.21. The smallest absolute Gasteiger partial charge is 0.282 e. The molecule has 0 bridgehead atoms. The Labute approximate surface area is 156 Å². The second-order valence-electron chi connectivity index (χ2n) is 7.27. The van der Waals surface area contributed by atoms with Gasteiger partial charge in [0.1, 0.15) is 6.54 Å². The first kappa shape index (κ1) is 19.9. The fraction of sp³-hybridized carbons (Fsp3) is 0.364. The van der Waals surface area contributed by atoms with Crippen molar-refractivity contribution in [3.63, 3.8) is 0 Å². The number of nitrogens with one attached hydrogen (secondary N) is 2. The van der Waals surface area contributed by atoms with Gasteiger partial charge in [0.05, 0.1) is 7.05 Å². The predicted molar refractivity (Wildman–Crippen MR) is 106 cm³/mol. The van der Waals surface area contributed by atoms with Crippen molar-refractivity contribution < 1.29 is 14.5 Å². The Balaban J connectivity index is 1.98. The summed E-state index contributed by atoms with van der Waals surface area (Å²) in [6.45, 7) is 8.58. The summed E-state index contributed by atoms with van der Waals surface area (Å²) < 4.78 is 0. The van der Waals surface area contributed by atoms with Gasteiger partial charge in [0.15, 0.2) is 11.8 Å². The van der Waals surface area contributed by atoms with Crippen molar-refractivity contribution in [3.05, 3.63) is 65.2 Å². The zero-order valence-corrected chi connectivity index (χ0v) is 16.3. The molecular formula is C22H29N2O2+. The van der Waals surface area contributed by atoms with Crippen LogP contribution in [0.1, 0.15) is 55.1 Å². The Morgan fingerprint density at radius 3 is 2.27 bits per heavy atom. The van der Waals surface area contributed by atoms with Gasteiger partial charge in [-0.3, -0.25) is 9.59 Å². The van der Waals surface area contributed by atoms with Crippen molar-refractivity contribution >= 4 is 17.4 Å². The fourth-order valence-corrected chi connectivity index (χ4v) is 2.79. The number of quaternary nitrogens is 1. The number of carbonyl (C=O) groups excluding carboxylic acids is 2. The number of Topliss-reactive ketones (excluding diaryl/α,β-unsaturated/α-hetero) is 1. The van der Waals surface area contributed by atoms with E-state index in [2.05, 4.69) is 43.4 Å². The van der Waals surface area contributed by atoms with E-state index >= 15 is 0 Å². The molecule has 4 heteroatoms. The normalized spacial score (nSPS) is 13.3. The highest BCUT2D eigenvalue weighted by Gasteiger charge is 2.22. The molecule has 0 saturated carbocycles. The van der Waals surface area contributed by atoms with Crippen molar-refractivity contribution in [1.82, 2.24) is 0 Å². The third-order valence-electron chi connectivity index (χ3n) is 4.80. The summed E-state index contributed by atoms with van der Waals surface area (Å²) >= 11 is 0. The highest BCUT2D eigenvalue weighted by Crippen LogP contribution is 2.14. The van der Waals surface area contributed by atoms with E-state index in [1.165, 1.54) is 18.1 Å². The van der Waals surface area contributed by atoms with Crippen LogP contribution < -0.4 is 10.2 Å². The Kier molecular flexibility index (Phi) is 6.70. The molecule has 0 aromatic heterocycles.